The Morgan fingerprint density at radius 3 is 2.67 bits per heavy atom. The number of hydrogen-bond donors (Lipinski definition) is 2. The number of halogens is 1. The van der Waals surface area contributed by atoms with Gasteiger partial charge in [-0.3, -0.25) is 4.79 Å². The first kappa shape index (κ1) is 10.6. The maximum absolute atomic E-state index is 11.0. The van der Waals surface area contributed by atoms with Gasteiger partial charge in [-0.25, -0.2) is 0 Å². The summed E-state index contributed by atoms with van der Waals surface area (Å²) in [6.07, 6.45) is 0.887. The molecule has 1 aliphatic rings. The lowest BCUT2D eigenvalue weighted by molar-refractivity contribution is -0.139. The summed E-state index contributed by atoms with van der Waals surface area (Å²) in [5.74, 6) is -0.670. The van der Waals surface area contributed by atoms with E-state index in [1.807, 2.05) is 24.3 Å². The molecule has 0 unspecified atom stereocenters. The fraction of sp³-hybridized carbons (Fsp3) is 0.364. The van der Waals surface area contributed by atoms with Gasteiger partial charge in [-0.1, -0.05) is 28.1 Å². The molecule has 0 bridgehead atoms. The quantitative estimate of drug-likeness (QED) is 0.863. The van der Waals surface area contributed by atoms with Crippen LogP contribution in [0.3, 0.4) is 0 Å². The molecule has 2 rings (SSSR count). The number of aliphatic carboxylic acids is 1. The van der Waals surface area contributed by atoms with Crippen molar-refractivity contribution in [3.8, 4) is 0 Å². The summed E-state index contributed by atoms with van der Waals surface area (Å²) in [5, 5.41) is 12.0. The van der Waals surface area contributed by atoms with Crippen molar-refractivity contribution in [2.24, 2.45) is 0 Å². The molecular weight excluding hydrogens is 258 g/mol. The van der Waals surface area contributed by atoms with Crippen LogP contribution in [0, 0.1) is 0 Å². The lowest BCUT2D eigenvalue weighted by atomic mass is 9.92. The van der Waals surface area contributed by atoms with Crippen molar-refractivity contribution < 1.29 is 9.90 Å². The molecule has 1 aromatic rings. The smallest absolute Gasteiger partial charge is 0.321 e. The normalized spacial score (nSPS) is 25.4. The first-order chi connectivity index (χ1) is 7.18. The van der Waals surface area contributed by atoms with E-state index in [1.54, 1.807) is 0 Å². The zero-order chi connectivity index (χ0) is 10.8. The molecule has 0 radical (unpaired) electrons. The van der Waals surface area contributed by atoms with E-state index in [4.69, 9.17) is 5.11 Å². The number of rotatable bonds is 2. The van der Waals surface area contributed by atoms with Crippen molar-refractivity contribution in [2.75, 3.05) is 6.54 Å². The van der Waals surface area contributed by atoms with E-state index >= 15 is 0 Å². The molecule has 1 aromatic carbocycles. The molecule has 2 atom stereocenters. The van der Waals surface area contributed by atoms with E-state index < -0.39 is 12.0 Å². The Labute approximate surface area is 96.6 Å². The van der Waals surface area contributed by atoms with Gasteiger partial charge in [0.1, 0.15) is 6.04 Å². The lowest BCUT2D eigenvalue weighted by Gasteiger charge is -2.15. The summed E-state index contributed by atoms with van der Waals surface area (Å²) in [5.41, 5.74) is 1.09. The molecule has 2 N–H and O–H groups in total. The summed E-state index contributed by atoms with van der Waals surface area (Å²) in [6.45, 7) is 0.775. The third kappa shape index (κ3) is 2.21. The maximum Gasteiger partial charge on any atom is 0.321 e. The van der Waals surface area contributed by atoms with Crippen molar-refractivity contribution in [1.82, 2.24) is 5.32 Å². The summed E-state index contributed by atoms with van der Waals surface area (Å²) in [6, 6.07) is 7.43. The number of carboxylic acids is 1. The van der Waals surface area contributed by atoms with Gasteiger partial charge in [0.25, 0.3) is 0 Å². The van der Waals surface area contributed by atoms with E-state index in [0.717, 1.165) is 23.0 Å². The molecule has 1 aliphatic heterocycles. The summed E-state index contributed by atoms with van der Waals surface area (Å²) < 4.78 is 1.02. The predicted octanol–water partition coefficient (Wildman–Crippen LogP) is 1.98. The van der Waals surface area contributed by atoms with E-state index in [1.165, 1.54) is 0 Å². The van der Waals surface area contributed by atoms with Gasteiger partial charge in [-0.15, -0.1) is 0 Å². The molecule has 0 aromatic heterocycles. The first-order valence-corrected chi connectivity index (χ1v) is 5.69. The SMILES string of the molecule is O=C(O)[C@H]1NCC[C@@H]1c1ccc(Br)cc1. The van der Waals surface area contributed by atoms with Crippen LogP contribution in [0.2, 0.25) is 0 Å². The Bertz CT molecular complexity index is 363. The maximum atomic E-state index is 11.0. The van der Waals surface area contributed by atoms with Crippen LogP contribution < -0.4 is 5.32 Å². The Hall–Kier alpha value is -0.870. The second kappa shape index (κ2) is 4.33. The highest BCUT2D eigenvalue weighted by Gasteiger charge is 2.33. The van der Waals surface area contributed by atoms with Gasteiger partial charge < -0.3 is 10.4 Å². The molecule has 3 nitrogen and oxygen atoms in total. The molecule has 1 saturated heterocycles. The predicted molar refractivity (Wildman–Crippen MR) is 60.9 cm³/mol. The molecule has 15 heavy (non-hydrogen) atoms. The van der Waals surface area contributed by atoms with Crippen LogP contribution in [0.4, 0.5) is 0 Å². The third-order valence-corrected chi connectivity index (χ3v) is 3.31. The number of carboxylic acid groups (broad SMARTS) is 1. The van der Waals surface area contributed by atoms with E-state index in [2.05, 4.69) is 21.2 Å². The Kier molecular flexibility index (Phi) is 3.07. The lowest BCUT2D eigenvalue weighted by Crippen LogP contribution is -2.34. The van der Waals surface area contributed by atoms with Gasteiger partial charge in [-0.2, -0.15) is 0 Å². The summed E-state index contributed by atoms with van der Waals surface area (Å²) in [4.78, 5) is 11.0. The van der Waals surface area contributed by atoms with Crippen molar-refractivity contribution in [1.29, 1.82) is 0 Å². The van der Waals surface area contributed by atoms with Crippen LogP contribution in [0.1, 0.15) is 17.9 Å². The Balaban J connectivity index is 2.22. The minimum Gasteiger partial charge on any atom is -0.480 e. The third-order valence-electron chi connectivity index (χ3n) is 2.79. The molecule has 1 fully saturated rings. The molecule has 4 heteroatoms. The standard InChI is InChI=1S/C11H12BrNO2/c12-8-3-1-7(2-4-8)9-5-6-13-10(9)11(14)15/h1-4,9-10,13H,5-6H2,(H,14,15)/t9-,10+/m1/s1. The van der Waals surface area contributed by atoms with Crippen molar-refractivity contribution in [3.63, 3.8) is 0 Å². The number of nitrogens with one attached hydrogen (secondary N) is 1. The summed E-state index contributed by atoms with van der Waals surface area (Å²) >= 11 is 3.37. The average molecular weight is 270 g/mol. The van der Waals surface area contributed by atoms with E-state index in [9.17, 15) is 4.79 Å². The van der Waals surface area contributed by atoms with Crippen molar-refractivity contribution >= 4 is 21.9 Å². The highest BCUT2D eigenvalue weighted by molar-refractivity contribution is 9.10. The van der Waals surface area contributed by atoms with Crippen LogP contribution in [0.5, 0.6) is 0 Å². The van der Waals surface area contributed by atoms with E-state index in [0.29, 0.717) is 0 Å². The first-order valence-electron chi connectivity index (χ1n) is 4.90. The number of carbonyl (C=O) groups is 1. The molecule has 1 heterocycles. The van der Waals surface area contributed by atoms with Crippen LogP contribution in [-0.2, 0) is 4.79 Å². The number of hydrogen-bond acceptors (Lipinski definition) is 2. The fourth-order valence-electron chi connectivity index (χ4n) is 2.03. The molecule has 0 saturated carbocycles. The van der Waals surface area contributed by atoms with Crippen LogP contribution in [-0.4, -0.2) is 23.7 Å². The zero-order valence-corrected chi connectivity index (χ0v) is 9.70. The van der Waals surface area contributed by atoms with Gasteiger partial charge in [0.05, 0.1) is 0 Å². The molecule has 80 valence electrons. The fourth-order valence-corrected chi connectivity index (χ4v) is 2.30. The minimum atomic E-state index is -0.764. The van der Waals surface area contributed by atoms with Gasteiger partial charge in [0.2, 0.25) is 0 Å². The largest absolute Gasteiger partial charge is 0.480 e. The van der Waals surface area contributed by atoms with E-state index in [-0.39, 0.29) is 5.92 Å². The van der Waals surface area contributed by atoms with Crippen LogP contribution in [0.25, 0.3) is 0 Å². The summed E-state index contributed by atoms with van der Waals surface area (Å²) in [7, 11) is 0. The minimum absolute atomic E-state index is 0.0931. The highest BCUT2D eigenvalue weighted by Crippen LogP contribution is 2.28. The van der Waals surface area contributed by atoms with Crippen molar-refractivity contribution in [2.45, 2.75) is 18.4 Å². The Morgan fingerprint density at radius 2 is 2.07 bits per heavy atom. The van der Waals surface area contributed by atoms with Gasteiger partial charge in [0.15, 0.2) is 0 Å². The van der Waals surface area contributed by atoms with Gasteiger partial charge in [0, 0.05) is 10.4 Å². The van der Waals surface area contributed by atoms with Crippen LogP contribution >= 0.6 is 15.9 Å². The molecular formula is C11H12BrNO2. The molecule has 0 aliphatic carbocycles. The molecule has 0 amide bonds. The monoisotopic (exact) mass is 269 g/mol. The number of benzene rings is 1. The highest BCUT2D eigenvalue weighted by atomic mass is 79.9. The second-order valence-electron chi connectivity index (χ2n) is 3.72. The van der Waals surface area contributed by atoms with Gasteiger partial charge in [-0.05, 0) is 30.7 Å². The zero-order valence-electron chi connectivity index (χ0n) is 8.11. The van der Waals surface area contributed by atoms with Crippen LogP contribution in [0.15, 0.2) is 28.7 Å². The van der Waals surface area contributed by atoms with Gasteiger partial charge >= 0.3 is 5.97 Å². The molecule has 0 spiro atoms. The average Bonchev–Trinajstić information content (AvgIpc) is 2.67. The van der Waals surface area contributed by atoms with Crippen molar-refractivity contribution in [3.05, 3.63) is 34.3 Å². The Morgan fingerprint density at radius 1 is 1.40 bits per heavy atom. The second-order valence-corrected chi connectivity index (χ2v) is 4.63. The topological polar surface area (TPSA) is 49.3 Å².